The van der Waals surface area contributed by atoms with Crippen molar-refractivity contribution in [2.24, 2.45) is 35.5 Å². The molecule has 5 heteroatoms. The predicted molar refractivity (Wildman–Crippen MR) is 134 cm³/mol. The first-order chi connectivity index (χ1) is 17.0. The zero-order valence-electron chi connectivity index (χ0n) is 20.9. The number of hydrogen-bond donors (Lipinski definition) is 0. The van der Waals surface area contributed by atoms with E-state index in [0.717, 1.165) is 55.8 Å². The molecule has 3 saturated carbocycles. The third kappa shape index (κ3) is 6.34. The topological polar surface area (TPSA) is 35.5 Å². The van der Waals surface area contributed by atoms with Crippen molar-refractivity contribution < 1.29 is 23.0 Å². The highest BCUT2D eigenvalue weighted by molar-refractivity contribution is 5.75. The van der Waals surface area contributed by atoms with E-state index >= 15 is 0 Å². The molecule has 3 fully saturated rings. The minimum atomic E-state index is -1.19. The molecule has 4 unspecified atom stereocenters. The quantitative estimate of drug-likeness (QED) is 0.201. The van der Waals surface area contributed by atoms with E-state index in [1.807, 2.05) is 0 Å². The van der Waals surface area contributed by atoms with Gasteiger partial charge in [0.1, 0.15) is 6.61 Å². The molecule has 192 valence electrons. The summed E-state index contributed by atoms with van der Waals surface area (Å²) in [6.07, 6.45) is 17.7. The fourth-order valence-corrected chi connectivity index (χ4v) is 6.94. The van der Waals surface area contributed by atoms with Gasteiger partial charge in [-0.15, -0.1) is 6.58 Å². The maximum Gasteiger partial charge on any atom is 0.314 e. The van der Waals surface area contributed by atoms with Crippen LogP contribution in [0.15, 0.2) is 37.4 Å². The third-order valence-corrected chi connectivity index (χ3v) is 8.89. The number of ether oxygens (including phenoxy) is 2. The molecule has 3 nitrogen and oxygen atoms in total. The molecule has 0 aliphatic heterocycles. The van der Waals surface area contributed by atoms with E-state index in [1.165, 1.54) is 63.2 Å². The van der Waals surface area contributed by atoms with E-state index in [9.17, 15) is 13.6 Å². The Labute approximate surface area is 209 Å². The van der Waals surface area contributed by atoms with E-state index in [2.05, 4.69) is 19.2 Å². The molecule has 0 heterocycles. The SMILES string of the molecule is C=CCCC1CCC2CC(C3CCC(C(=O)Oc4ccc(OCC=C)c(F)c4F)CC3)CCC2C1. The molecule has 0 spiro atoms. The van der Waals surface area contributed by atoms with E-state index in [-0.39, 0.29) is 24.0 Å². The molecule has 0 radical (unpaired) electrons. The number of benzene rings is 1. The molecule has 0 aromatic heterocycles. The van der Waals surface area contributed by atoms with Crippen LogP contribution in [-0.2, 0) is 4.79 Å². The summed E-state index contributed by atoms with van der Waals surface area (Å²) in [5.41, 5.74) is 0. The highest BCUT2D eigenvalue weighted by Crippen LogP contribution is 2.49. The molecule has 1 aromatic carbocycles. The van der Waals surface area contributed by atoms with Crippen LogP contribution in [-0.4, -0.2) is 12.6 Å². The molecular weight excluding hydrogens is 446 g/mol. The fourth-order valence-electron chi connectivity index (χ4n) is 6.94. The third-order valence-electron chi connectivity index (χ3n) is 8.89. The lowest BCUT2D eigenvalue weighted by molar-refractivity contribution is -0.140. The zero-order valence-corrected chi connectivity index (χ0v) is 20.9. The van der Waals surface area contributed by atoms with Crippen LogP contribution in [0.5, 0.6) is 11.5 Å². The second kappa shape index (κ2) is 12.2. The fraction of sp³-hybridized carbons (Fsp3) is 0.633. The highest BCUT2D eigenvalue weighted by atomic mass is 19.2. The van der Waals surface area contributed by atoms with Crippen LogP contribution in [0.2, 0.25) is 0 Å². The van der Waals surface area contributed by atoms with Crippen molar-refractivity contribution in [1.82, 2.24) is 0 Å². The Balaban J connectivity index is 1.24. The average Bonchev–Trinajstić information content (AvgIpc) is 2.89. The first-order valence-electron chi connectivity index (χ1n) is 13.5. The Morgan fingerprint density at radius 3 is 2.14 bits per heavy atom. The summed E-state index contributed by atoms with van der Waals surface area (Å²) < 4.78 is 38.9. The molecular formula is C30H40F2O3. The van der Waals surface area contributed by atoms with Gasteiger partial charge in [0.15, 0.2) is 11.5 Å². The maximum atomic E-state index is 14.4. The maximum absolute atomic E-state index is 14.4. The Bertz CT molecular complexity index is 890. The van der Waals surface area contributed by atoms with Crippen LogP contribution in [0.1, 0.15) is 77.0 Å². The Kier molecular flexibility index (Phi) is 9.02. The molecule has 3 aliphatic rings. The molecule has 1 aromatic rings. The lowest BCUT2D eigenvalue weighted by atomic mass is 9.60. The smallest absolute Gasteiger partial charge is 0.314 e. The van der Waals surface area contributed by atoms with Crippen molar-refractivity contribution in [3.63, 3.8) is 0 Å². The Morgan fingerprint density at radius 1 is 0.829 bits per heavy atom. The van der Waals surface area contributed by atoms with Gasteiger partial charge in [-0.05, 0) is 112 Å². The minimum Gasteiger partial charge on any atom is -0.486 e. The Hall–Kier alpha value is -2.17. The van der Waals surface area contributed by atoms with Crippen LogP contribution in [0, 0.1) is 47.1 Å². The second-order valence-electron chi connectivity index (χ2n) is 11.0. The van der Waals surface area contributed by atoms with E-state index < -0.39 is 17.6 Å². The van der Waals surface area contributed by atoms with Crippen molar-refractivity contribution >= 4 is 5.97 Å². The lowest BCUT2D eigenvalue weighted by Crippen LogP contribution is -2.35. The first kappa shape index (κ1) is 25.9. The average molecular weight is 487 g/mol. The number of halogens is 2. The van der Waals surface area contributed by atoms with Crippen molar-refractivity contribution in [1.29, 1.82) is 0 Å². The zero-order chi connectivity index (χ0) is 24.8. The van der Waals surface area contributed by atoms with Crippen molar-refractivity contribution in [2.75, 3.05) is 6.61 Å². The van der Waals surface area contributed by atoms with Crippen LogP contribution in [0.4, 0.5) is 8.78 Å². The van der Waals surface area contributed by atoms with Crippen LogP contribution in [0.25, 0.3) is 0 Å². The van der Waals surface area contributed by atoms with Crippen LogP contribution < -0.4 is 9.47 Å². The van der Waals surface area contributed by atoms with Gasteiger partial charge in [0.2, 0.25) is 11.6 Å². The normalized spacial score (nSPS) is 30.7. The number of carbonyl (C=O) groups is 1. The van der Waals surface area contributed by atoms with Crippen LogP contribution in [0.3, 0.4) is 0 Å². The van der Waals surface area contributed by atoms with Gasteiger partial charge in [0.05, 0.1) is 5.92 Å². The summed E-state index contributed by atoms with van der Waals surface area (Å²) in [6, 6.07) is 2.54. The van der Waals surface area contributed by atoms with Crippen molar-refractivity contribution in [2.45, 2.75) is 77.0 Å². The molecule has 35 heavy (non-hydrogen) atoms. The summed E-state index contributed by atoms with van der Waals surface area (Å²) >= 11 is 0. The monoisotopic (exact) mass is 486 g/mol. The molecule has 0 N–H and O–H groups in total. The second-order valence-corrected chi connectivity index (χ2v) is 11.0. The summed E-state index contributed by atoms with van der Waals surface area (Å²) in [5.74, 6) is 0.492. The number of carbonyl (C=O) groups excluding carboxylic acids is 1. The lowest BCUT2D eigenvalue weighted by Gasteiger charge is -2.45. The number of fused-ring (bicyclic) bond motifs is 1. The summed E-state index contributed by atoms with van der Waals surface area (Å²) in [7, 11) is 0. The summed E-state index contributed by atoms with van der Waals surface area (Å²) in [6.45, 7) is 7.43. The van der Waals surface area contributed by atoms with Gasteiger partial charge < -0.3 is 9.47 Å². The highest BCUT2D eigenvalue weighted by Gasteiger charge is 2.39. The van der Waals surface area contributed by atoms with E-state index in [0.29, 0.717) is 5.92 Å². The van der Waals surface area contributed by atoms with E-state index in [1.54, 1.807) is 0 Å². The molecule has 4 rings (SSSR count). The van der Waals surface area contributed by atoms with Gasteiger partial charge in [-0.1, -0.05) is 25.2 Å². The predicted octanol–water partition coefficient (Wildman–Crippen LogP) is 8.04. The van der Waals surface area contributed by atoms with Gasteiger partial charge in [0.25, 0.3) is 0 Å². The number of allylic oxidation sites excluding steroid dienone is 1. The van der Waals surface area contributed by atoms with Gasteiger partial charge in [-0.25, -0.2) is 0 Å². The van der Waals surface area contributed by atoms with Gasteiger partial charge in [0, 0.05) is 0 Å². The number of hydrogen-bond acceptors (Lipinski definition) is 3. The number of esters is 1. The molecule has 3 aliphatic carbocycles. The largest absolute Gasteiger partial charge is 0.486 e. The van der Waals surface area contributed by atoms with Crippen LogP contribution >= 0.6 is 0 Å². The molecule has 0 bridgehead atoms. The van der Waals surface area contributed by atoms with Crippen molar-refractivity contribution in [3.05, 3.63) is 49.1 Å². The molecule has 0 amide bonds. The van der Waals surface area contributed by atoms with Crippen molar-refractivity contribution in [3.8, 4) is 11.5 Å². The van der Waals surface area contributed by atoms with E-state index in [4.69, 9.17) is 9.47 Å². The number of rotatable bonds is 9. The first-order valence-corrected chi connectivity index (χ1v) is 13.5. The van der Waals surface area contributed by atoms with Gasteiger partial charge in [-0.2, -0.15) is 8.78 Å². The summed E-state index contributed by atoms with van der Waals surface area (Å²) in [5, 5.41) is 0. The minimum absolute atomic E-state index is 0.0668. The summed E-state index contributed by atoms with van der Waals surface area (Å²) in [4.78, 5) is 12.7. The Morgan fingerprint density at radius 2 is 1.43 bits per heavy atom. The standard InChI is InChI=1S/C30H40F2O3/c1-3-5-6-20-7-8-25-19-24(14-13-23(25)18-20)21-9-11-22(12-10-21)30(33)35-27-16-15-26(34-17-4-2)28(31)29(27)32/h3-4,15-16,20-25H,1-2,5-14,17-19H2. The van der Waals surface area contributed by atoms with Gasteiger partial charge in [-0.3, -0.25) is 4.79 Å². The molecule has 0 saturated heterocycles. The van der Waals surface area contributed by atoms with Gasteiger partial charge >= 0.3 is 5.97 Å². The molecule has 4 atom stereocenters.